The van der Waals surface area contributed by atoms with Crippen molar-refractivity contribution in [3.63, 3.8) is 0 Å². The van der Waals surface area contributed by atoms with Crippen LogP contribution in [0.5, 0.6) is 17.2 Å². The number of phosphoric acid groups is 1. The van der Waals surface area contributed by atoms with Crippen molar-refractivity contribution >= 4 is 7.82 Å². The summed E-state index contributed by atoms with van der Waals surface area (Å²) in [6, 6.07) is 9.22. The Bertz CT molecular complexity index is 943. The summed E-state index contributed by atoms with van der Waals surface area (Å²) in [5, 5.41) is 3.16. The first-order valence-corrected chi connectivity index (χ1v) is 10.8. The molecule has 29 heavy (non-hydrogen) atoms. The maximum atomic E-state index is 11.9. The number of hydrogen-bond acceptors (Lipinski definition) is 6. The third-order valence-electron chi connectivity index (χ3n) is 5.03. The van der Waals surface area contributed by atoms with Gasteiger partial charge in [0.25, 0.3) is 0 Å². The Kier molecular flexibility index (Phi) is 6.22. The lowest BCUT2D eigenvalue weighted by molar-refractivity contribution is -0.00513. The number of fused-ring (bicyclic) bond motifs is 3. The smallest absolute Gasteiger partial charge is 0.471 e. The van der Waals surface area contributed by atoms with E-state index >= 15 is 0 Å². The molecule has 0 spiro atoms. The predicted octanol–water partition coefficient (Wildman–Crippen LogP) is 3.20. The molecule has 1 atom stereocenters. The Labute approximate surface area is 170 Å². The van der Waals surface area contributed by atoms with Gasteiger partial charge in [0.15, 0.2) is 17.2 Å². The topological polar surface area (TPSA) is 106 Å². The van der Waals surface area contributed by atoms with Gasteiger partial charge in [-0.05, 0) is 36.6 Å². The summed E-state index contributed by atoms with van der Waals surface area (Å²) in [5.74, 6) is 1.47. The summed E-state index contributed by atoms with van der Waals surface area (Å²) in [5.41, 5.74) is 1.69. The van der Waals surface area contributed by atoms with Crippen LogP contribution in [0.2, 0.25) is 0 Å². The van der Waals surface area contributed by atoms with Crippen LogP contribution >= 0.6 is 7.82 Å². The quantitative estimate of drug-likeness (QED) is 0.461. The second kappa shape index (κ2) is 8.34. The van der Waals surface area contributed by atoms with Gasteiger partial charge in [-0.15, -0.1) is 0 Å². The fraction of sp³-hybridized carbons (Fsp3) is 0.400. The molecule has 1 aliphatic rings. The molecule has 0 fully saturated rings. The average Bonchev–Trinajstić information content (AvgIpc) is 2.81. The molecule has 8 nitrogen and oxygen atoms in total. The van der Waals surface area contributed by atoms with E-state index in [4.69, 9.17) is 18.7 Å². The summed E-state index contributed by atoms with van der Waals surface area (Å²) in [6.45, 7) is 2.31. The third kappa shape index (κ3) is 3.99. The highest BCUT2D eigenvalue weighted by molar-refractivity contribution is 7.46. The summed E-state index contributed by atoms with van der Waals surface area (Å²) in [4.78, 5) is 19.3. The molecule has 2 aromatic rings. The van der Waals surface area contributed by atoms with Gasteiger partial charge in [-0.1, -0.05) is 31.2 Å². The Morgan fingerprint density at radius 1 is 1.10 bits per heavy atom. The van der Waals surface area contributed by atoms with Crippen molar-refractivity contribution < 1.29 is 33.1 Å². The van der Waals surface area contributed by atoms with Crippen LogP contribution in [0.25, 0.3) is 11.1 Å². The molecule has 9 heteroatoms. The molecule has 0 heterocycles. The molecule has 1 aliphatic carbocycles. The molecule has 0 bridgehead atoms. The first kappa shape index (κ1) is 21.6. The van der Waals surface area contributed by atoms with E-state index in [1.807, 2.05) is 31.2 Å². The minimum atomic E-state index is -4.79. The minimum Gasteiger partial charge on any atom is -0.493 e. The van der Waals surface area contributed by atoms with Crippen molar-refractivity contribution in [3.8, 4) is 28.4 Å². The van der Waals surface area contributed by atoms with E-state index in [2.05, 4.69) is 5.32 Å². The van der Waals surface area contributed by atoms with Gasteiger partial charge in [-0.25, -0.2) is 4.57 Å². The number of nitrogens with one attached hydrogen (secondary N) is 1. The summed E-state index contributed by atoms with van der Waals surface area (Å²) in [6.07, 6.45) is 0.766. The number of benzene rings is 2. The van der Waals surface area contributed by atoms with Crippen LogP contribution < -0.4 is 19.5 Å². The molecule has 0 aliphatic heterocycles. The van der Waals surface area contributed by atoms with Gasteiger partial charge in [-0.2, -0.15) is 0 Å². The predicted molar refractivity (Wildman–Crippen MR) is 108 cm³/mol. The lowest BCUT2D eigenvalue weighted by atomic mass is 9.92. The Balaban J connectivity index is 2.35. The van der Waals surface area contributed by atoms with Crippen LogP contribution in [-0.4, -0.2) is 37.7 Å². The third-order valence-corrected chi connectivity index (χ3v) is 5.58. The fourth-order valence-electron chi connectivity index (χ4n) is 4.00. The molecule has 3 N–H and O–H groups in total. The fourth-order valence-corrected chi connectivity index (χ4v) is 4.66. The number of methoxy groups -OCH3 is 3. The van der Waals surface area contributed by atoms with E-state index < -0.39 is 13.5 Å². The van der Waals surface area contributed by atoms with E-state index in [1.165, 1.54) is 7.11 Å². The maximum absolute atomic E-state index is 11.9. The molecular weight excluding hydrogens is 397 g/mol. The Morgan fingerprint density at radius 2 is 1.79 bits per heavy atom. The van der Waals surface area contributed by atoms with Crippen molar-refractivity contribution in [2.24, 2.45) is 0 Å². The maximum Gasteiger partial charge on any atom is 0.471 e. The van der Waals surface area contributed by atoms with Gasteiger partial charge in [0.2, 0.25) is 5.75 Å². The molecule has 0 saturated heterocycles. The SMILES string of the molecule is CCN[C@]1(OP(=O)(O)O)CCc2cc(OC)c(OC)c(OC)c2-c2ccccc21. The first-order chi connectivity index (χ1) is 13.8. The standard InChI is InChI=1S/C20H26NO7P/c1-5-21-20(28-29(22,23)24)11-10-13-12-16(25-2)18(26-3)19(27-4)17(13)14-8-6-7-9-15(14)20/h6-9,12,21H,5,10-11H2,1-4H3,(H2,22,23,24)/t20-/m0/s1. The van der Waals surface area contributed by atoms with Crippen LogP contribution in [-0.2, 0) is 21.2 Å². The molecule has 0 saturated carbocycles. The largest absolute Gasteiger partial charge is 0.493 e. The Morgan fingerprint density at radius 3 is 2.38 bits per heavy atom. The second-order valence-electron chi connectivity index (χ2n) is 6.66. The number of phosphoric ester groups is 1. The van der Waals surface area contributed by atoms with Gasteiger partial charge >= 0.3 is 7.82 Å². The van der Waals surface area contributed by atoms with E-state index in [0.29, 0.717) is 42.2 Å². The lowest BCUT2D eigenvalue weighted by Gasteiger charge is -2.35. The normalized spacial score (nSPS) is 18.4. The van der Waals surface area contributed by atoms with E-state index in [9.17, 15) is 14.4 Å². The van der Waals surface area contributed by atoms with Crippen LogP contribution in [0.4, 0.5) is 0 Å². The summed E-state index contributed by atoms with van der Waals surface area (Å²) in [7, 11) is -0.155. The van der Waals surface area contributed by atoms with Gasteiger partial charge in [0.1, 0.15) is 0 Å². The molecule has 2 aromatic carbocycles. The van der Waals surface area contributed by atoms with Crippen LogP contribution in [0.3, 0.4) is 0 Å². The molecule has 0 radical (unpaired) electrons. The summed E-state index contributed by atoms with van der Waals surface area (Å²) < 4.78 is 34.0. The number of hydrogen-bond donors (Lipinski definition) is 3. The van der Waals surface area contributed by atoms with Gasteiger partial charge in [0, 0.05) is 11.1 Å². The van der Waals surface area contributed by atoms with Gasteiger partial charge < -0.3 is 24.0 Å². The first-order valence-electron chi connectivity index (χ1n) is 9.23. The van der Waals surface area contributed by atoms with E-state index in [0.717, 1.165) is 16.7 Å². The highest BCUT2D eigenvalue weighted by atomic mass is 31.2. The van der Waals surface area contributed by atoms with E-state index in [1.54, 1.807) is 20.3 Å². The average molecular weight is 423 g/mol. The molecule has 0 amide bonds. The zero-order chi connectivity index (χ0) is 21.2. The molecule has 3 rings (SSSR count). The number of ether oxygens (including phenoxy) is 3. The number of aryl methyl sites for hydroxylation is 1. The zero-order valence-corrected chi connectivity index (χ0v) is 17.8. The van der Waals surface area contributed by atoms with Crippen LogP contribution in [0, 0.1) is 0 Å². The second-order valence-corrected chi connectivity index (χ2v) is 7.83. The van der Waals surface area contributed by atoms with Crippen molar-refractivity contribution in [1.29, 1.82) is 0 Å². The van der Waals surface area contributed by atoms with Crippen molar-refractivity contribution in [3.05, 3.63) is 41.5 Å². The minimum absolute atomic E-state index is 0.300. The Hall–Kier alpha value is -2.09. The molecule has 0 aromatic heterocycles. The van der Waals surface area contributed by atoms with Crippen LogP contribution in [0.15, 0.2) is 30.3 Å². The van der Waals surface area contributed by atoms with Crippen molar-refractivity contribution in [2.45, 2.75) is 25.5 Å². The lowest BCUT2D eigenvalue weighted by Crippen LogP contribution is -2.44. The molecule has 158 valence electrons. The highest BCUT2D eigenvalue weighted by Crippen LogP contribution is 2.54. The molecule has 0 unspecified atom stereocenters. The monoisotopic (exact) mass is 423 g/mol. The van der Waals surface area contributed by atoms with Crippen molar-refractivity contribution in [2.75, 3.05) is 27.9 Å². The van der Waals surface area contributed by atoms with E-state index in [-0.39, 0.29) is 0 Å². The van der Waals surface area contributed by atoms with Crippen molar-refractivity contribution in [1.82, 2.24) is 5.32 Å². The zero-order valence-electron chi connectivity index (χ0n) is 16.9. The molecular formula is C20H26NO7P. The highest BCUT2D eigenvalue weighted by Gasteiger charge is 2.43. The van der Waals surface area contributed by atoms with Gasteiger partial charge in [-0.3, -0.25) is 9.84 Å². The summed E-state index contributed by atoms with van der Waals surface area (Å²) >= 11 is 0. The van der Waals surface area contributed by atoms with Gasteiger partial charge in [0.05, 0.1) is 21.3 Å². The number of rotatable bonds is 7. The van der Waals surface area contributed by atoms with Crippen LogP contribution in [0.1, 0.15) is 24.5 Å².